The molecule has 0 saturated heterocycles. The lowest BCUT2D eigenvalue weighted by atomic mass is 10.2. The number of hydrogen-bond acceptors (Lipinski definition) is 3. The highest BCUT2D eigenvalue weighted by atomic mass is 35.5. The molecule has 0 atom stereocenters. The Morgan fingerprint density at radius 1 is 0.889 bits per heavy atom. The first-order chi connectivity index (χ1) is 13.2. The molecule has 0 aliphatic rings. The second kappa shape index (κ2) is 7.33. The Morgan fingerprint density at radius 3 is 2.44 bits per heavy atom. The summed E-state index contributed by atoms with van der Waals surface area (Å²) in [6, 6.07) is 21.8. The van der Waals surface area contributed by atoms with Crippen molar-refractivity contribution >= 4 is 22.6 Å². The number of imidazole rings is 1. The standard InChI is InChI=1S/C22H19ClN2O2/c1-26-18-8-4-6-16(12-18)22-24-20-13-19(27-2)9-10-21(20)25(22)14-15-5-3-7-17(23)11-15/h3-13H,14H2,1-2H3. The normalized spacial score (nSPS) is 10.9. The van der Waals surface area contributed by atoms with Gasteiger partial charge >= 0.3 is 0 Å². The van der Waals surface area contributed by atoms with Crippen molar-refractivity contribution in [2.75, 3.05) is 14.2 Å². The van der Waals surface area contributed by atoms with Crippen LogP contribution >= 0.6 is 11.6 Å². The van der Waals surface area contributed by atoms with Crippen LogP contribution in [0.25, 0.3) is 22.4 Å². The van der Waals surface area contributed by atoms with Gasteiger partial charge in [-0.15, -0.1) is 0 Å². The molecular weight excluding hydrogens is 360 g/mol. The summed E-state index contributed by atoms with van der Waals surface area (Å²) in [5.74, 6) is 2.45. The van der Waals surface area contributed by atoms with E-state index in [4.69, 9.17) is 26.1 Å². The lowest BCUT2D eigenvalue weighted by Crippen LogP contribution is -2.02. The van der Waals surface area contributed by atoms with Gasteiger partial charge < -0.3 is 14.0 Å². The summed E-state index contributed by atoms with van der Waals surface area (Å²) >= 11 is 6.18. The smallest absolute Gasteiger partial charge is 0.141 e. The maximum Gasteiger partial charge on any atom is 0.141 e. The van der Waals surface area contributed by atoms with Gasteiger partial charge in [-0.3, -0.25) is 0 Å². The zero-order chi connectivity index (χ0) is 18.8. The van der Waals surface area contributed by atoms with Crippen molar-refractivity contribution in [1.82, 2.24) is 9.55 Å². The molecule has 3 aromatic carbocycles. The molecule has 0 bridgehead atoms. The fourth-order valence-corrected chi connectivity index (χ4v) is 3.41. The zero-order valence-corrected chi connectivity index (χ0v) is 15.9. The summed E-state index contributed by atoms with van der Waals surface area (Å²) < 4.78 is 12.9. The molecule has 27 heavy (non-hydrogen) atoms. The summed E-state index contributed by atoms with van der Waals surface area (Å²) in [5, 5.41) is 0.724. The highest BCUT2D eigenvalue weighted by molar-refractivity contribution is 6.30. The van der Waals surface area contributed by atoms with Crippen molar-refractivity contribution in [3.8, 4) is 22.9 Å². The number of nitrogens with zero attached hydrogens (tertiary/aromatic N) is 2. The van der Waals surface area contributed by atoms with Crippen LogP contribution in [0.2, 0.25) is 5.02 Å². The Kier molecular flexibility index (Phi) is 4.73. The highest BCUT2D eigenvalue weighted by Gasteiger charge is 2.14. The van der Waals surface area contributed by atoms with E-state index in [0.29, 0.717) is 6.54 Å². The maximum absolute atomic E-state index is 6.18. The molecule has 0 unspecified atom stereocenters. The van der Waals surface area contributed by atoms with Gasteiger partial charge in [-0.2, -0.15) is 0 Å². The van der Waals surface area contributed by atoms with E-state index in [1.54, 1.807) is 14.2 Å². The summed E-state index contributed by atoms with van der Waals surface area (Å²) in [4.78, 5) is 4.88. The van der Waals surface area contributed by atoms with Gasteiger partial charge in [0.25, 0.3) is 0 Å². The average molecular weight is 379 g/mol. The number of rotatable bonds is 5. The average Bonchev–Trinajstić information content (AvgIpc) is 3.05. The van der Waals surface area contributed by atoms with Crippen LogP contribution in [-0.4, -0.2) is 23.8 Å². The Labute approximate surface area is 162 Å². The molecule has 4 aromatic rings. The summed E-state index contributed by atoms with van der Waals surface area (Å²) in [7, 11) is 3.33. The number of hydrogen-bond donors (Lipinski definition) is 0. The van der Waals surface area contributed by atoms with Crippen LogP contribution in [0.5, 0.6) is 11.5 Å². The number of aromatic nitrogens is 2. The van der Waals surface area contributed by atoms with Gasteiger partial charge in [0.2, 0.25) is 0 Å². The van der Waals surface area contributed by atoms with Crippen LogP contribution in [0, 0.1) is 0 Å². The second-order valence-electron chi connectivity index (χ2n) is 6.24. The summed E-state index contributed by atoms with van der Waals surface area (Å²) in [6.45, 7) is 0.663. The van der Waals surface area contributed by atoms with Gasteiger partial charge in [-0.05, 0) is 42.0 Å². The largest absolute Gasteiger partial charge is 0.497 e. The predicted octanol–water partition coefficient (Wildman–Crippen LogP) is 5.42. The van der Waals surface area contributed by atoms with Crippen molar-refractivity contribution in [3.05, 3.63) is 77.3 Å². The minimum absolute atomic E-state index is 0.663. The molecular formula is C22H19ClN2O2. The molecule has 136 valence electrons. The molecule has 0 N–H and O–H groups in total. The van der Waals surface area contributed by atoms with Gasteiger partial charge in [-0.1, -0.05) is 35.9 Å². The highest BCUT2D eigenvalue weighted by Crippen LogP contribution is 2.30. The molecule has 0 radical (unpaired) electrons. The summed E-state index contributed by atoms with van der Waals surface area (Å²) in [6.07, 6.45) is 0. The van der Waals surface area contributed by atoms with Gasteiger partial charge in [0.15, 0.2) is 0 Å². The number of halogens is 1. The number of fused-ring (bicyclic) bond motifs is 1. The van der Waals surface area contributed by atoms with Crippen LogP contribution in [0.4, 0.5) is 0 Å². The molecule has 4 rings (SSSR count). The van der Waals surface area contributed by atoms with Crippen molar-refractivity contribution < 1.29 is 9.47 Å². The van der Waals surface area contributed by atoms with E-state index < -0.39 is 0 Å². The van der Waals surface area contributed by atoms with Crippen LogP contribution in [0.15, 0.2) is 66.7 Å². The first-order valence-corrected chi connectivity index (χ1v) is 8.99. The third-order valence-electron chi connectivity index (χ3n) is 4.51. The maximum atomic E-state index is 6.18. The predicted molar refractivity (Wildman–Crippen MR) is 109 cm³/mol. The zero-order valence-electron chi connectivity index (χ0n) is 15.1. The minimum Gasteiger partial charge on any atom is -0.497 e. The molecule has 0 saturated carbocycles. The molecule has 0 aliphatic heterocycles. The van der Waals surface area contributed by atoms with Crippen molar-refractivity contribution in [2.45, 2.75) is 6.54 Å². The van der Waals surface area contributed by atoms with Crippen LogP contribution in [0.1, 0.15) is 5.56 Å². The number of benzene rings is 3. The van der Waals surface area contributed by atoms with Crippen molar-refractivity contribution in [3.63, 3.8) is 0 Å². The van der Waals surface area contributed by atoms with E-state index in [1.165, 1.54) is 0 Å². The van der Waals surface area contributed by atoms with E-state index in [1.807, 2.05) is 60.7 Å². The molecule has 0 spiro atoms. The fourth-order valence-electron chi connectivity index (χ4n) is 3.20. The quantitative estimate of drug-likeness (QED) is 0.465. The molecule has 0 amide bonds. The third-order valence-corrected chi connectivity index (χ3v) is 4.75. The number of methoxy groups -OCH3 is 2. The molecule has 0 fully saturated rings. The minimum atomic E-state index is 0.663. The lowest BCUT2D eigenvalue weighted by Gasteiger charge is -2.11. The van der Waals surface area contributed by atoms with E-state index >= 15 is 0 Å². The SMILES string of the molecule is COc1cccc(-c2nc3cc(OC)ccc3n2Cc2cccc(Cl)c2)c1. The van der Waals surface area contributed by atoms with Crippen LogP contribution < -0.4 is 9.47 Å². The molecule has 4 nitrogen and oxygen atoms in total. The van der Waals surface area contributed by atoms with Crippen molar-refractivity contribution in [1.29, 1.82) is 0 Å². The molecule has 5 heteroatoms. The Hall–Kier alpha value is -2.98. The topological polar surface area (TPSA) is 36.3 Å². The van der Waals surface area contributed by atoms with E-state index in [2.05, 4.69) is 10.6 Å². The molecule has 0 aliphatic carbocycles. The third kappa shape index (κ3) is 3.49. The molecule has 1 aromatic heterocycles. The van der Waals surface area contributed by atoms with Gasteiger partial charge in [-0.25, -0.2) is 4.98 Å². The second-order valence-corrected chi connectivity index (χ2v) is 6.67. The monoisotopic (exact) mass is 378 g/mol. The van der Waals surface area contributed by atoms with Crippen LogP contribution in [0.3, 0.4) is 0 Å². The van der Waals surface area contributed by atoms with Gasteiger partial charge in [0.1, 0.15) is 17.3 Å². The Balaban J connectivity index is 1.90. The van der Waals surface area contributed by atoms with Crippen LogP contribution in [-0.2, 0) is 6.54 Å². The van der Waals surface area contributed by atoms with E-state index in [0.717, 1.165) is 44.5 Å². The number of ether oxygens (including phenoxy) is 2. The lowest BCUT2D eigenvalue weighted by molar-refractivity contribution is 0.415. The Morgan fingerprint density at radius 2 is 1.67 bits per heavy atom. The summed E-state index contributed by atoms with van der Waals surface area (Å²) in [5.41, 5.74) is 4.02. The van der Waals surface area contributed by atoms with Gasteiger partial charge in [0, 0.05) is 23.2 Å². The van der Waals surface area contributed by atoms with E-state index in [9.17, 15) is 0 Å². The first kappa shape index (κ1) is 17.4. The Bertz CT molecular complexity index is 1100. The fraction of sp³-hybridized carbons (Fsp3) is 0.136. The van der Waals surface area contributed by atoms with Gasteiger partial charge in [0.05, 0.1) is 25.3 Å². The molecule has 1 heterocycles. The van der Waals surface area contributed by atoms with E-state index in [-0.39, 0.29) is 0 Å². The van der Waals surface area contributed by atoms with Crippen molar-refractivity contribution in [2.24, 2.45) is 0 Å². The first-order valence-electron chi connectivity index (χ1n) is 8.61.